The van der Waals surface area contributed by atoms with Crippen LogP contribution in [0.15, 0.2) is 131 Å². The summed E-state index contributed by atoms with van der Waals surface area (Å²) >= 11 is 0. The second-order valence-electron chi connectivity index (χ2n) is 6.98. The van der Waals surface area contributed by atoms with Gasteiger partial charge in [-0.15, -0.1) is 0 Å². The van der Waals surface area contributed by atoms with Gasteiger partial charge in [-0.25, -0.2) is 0 Å². The van der Waals surface area contributed by atoms with Crippen molar-refractivity contribution in [2.75, 3.05) is 0 Å². The lowest BCUT2D eigenvalue weighted by molar-refractivity contribution is 0.885. The number of hydrogen-bond donors (Lipinski definition) is 0. The highest BCUT2D eigenvalue weighted by molar-refractivity contribution is 5.84. The monoisotopic (exact) mass is 392 g/mol. The SMILES string of the molecule is C=C\C=C/C=C/C=N/C(=C(\N=C\[C@@H]1C=CC=CC1)C1=CCCC=C1)c1ccccc1. The van der Waals surface area contributed by atoms with Crippen molar-refractivity contribution in [3.8, 4) is 0 Å². The predicted molar refractivity (Wildman–Crippen MR) is 132 cm³/mol. The van der Waals surface area contributed by atoms with E-state index in [2.05, 4.69) is 61.2 Å². The molecule has 0 saturated heterocycles. The molecular formula is C28H28N2. The van der Waals surface area contributed by atoms with Gasteiger partial charge in [-0.3, -0.25) is 9.98 Å². The van der Waals surface area contributed by atoms with E-state index in [1.54, 1.807) is 6.08 Å². The Labute approximate surface area is 180 Å². The van der Waals surface area contributed by atoms with Gasteiger partial charge in [-0.2, -0.15) is 0 Å². The van der Waals surface area contributed by atoms with Crippen LogP contribution >= 0.6 is 0 Å². The fraction of sp³-hybridized carbons (Fsp3) is 0.143. The Hall–Kier alpha value is -3.52. The first kappa shape index (κ1) is 21.2. The van der Waals surface area contributed by atoms with Crippen LogP contribution in [0.2, 0.25) is 0 Å². The molecule has 0 amide bonds. The standard InChI is InChI=1S/C28H28N2/c1-2-3-4-5-15-22-29-27(25-18-11-7-12-19-25)28(26-20-13-8-14-21-26)30-23-24-16-9-6-10-17-24/h2-7,9-13,15-16,18-24H,1,8,14,17H2/b4-3-,15-5+,28-27-,29-22+,30-23+/t24-/m1/s1. The van der Waals surface area contributed by atoms with Gasteiger partial charge < -0.3 is 0 Å². The summed E-state index contributed by atoms with van der Waals surface area (Å²) < 4.78 is 0. The minimum atomic E-state index is 0.308. The summed E-state index contributed by atoms with van der Waals surface area (Å²) in [4.78, 5) is 9.78. The highest BCUT2D eigenvalue weighted by atomic mass is 14.8. The van der Waals surface area contributed by atoms with Crippen molar-refractivity contribution < 1.29 is 0 Å². The van der Waals surface area contributed by atoms with E-state index in [-0.39, 0.29) is 0 Å². The average molecular weight is 393 g/mol. The van der Waals surface area contributed by atoms with Crippen LogP contribution in [-0.4, -0.2) is 12.4 Å². The molecule has 0 aliphatic heterocycles. The molecule has 2 nitrogen and oxygen atoms in total. The molecule has 1 aromatic rings. The quantitative estimate of drug-likeness (QED) is 0.330. The number of allylic oxidation sites excluding steroid dienone is 12. The molecule has 0 N–H and O–H groups in total. The molecule has 150 valence electrons. The fourth-order valence-corrected chi connectivity index (χ4v) is 3.18. The maximum Gasteiger partial charge on any atom is 0.0964 e. The Morgan fingerprint density at radius 3 is 2.50 bits per heavy atom. The van der Waals surface area contributed by atoms with Gasteiger partial charge in [0.25, 0.3) is 0 Å². The van der Waals surface area contributed by atoms with E-state index in [1.165, 1.54) is 0 Å². The lowest BCUT2D eigenvalue weighted by Crippen LogP contribution is -2.01. The molecule has 2 aliphatic rings. The molecule has 0 saturated carbocycles. The molecule has 2 heteroatoms. The van der Waals surface area contributed by atoms with E-state index >= 15 is 0 Å². The highest BCUT2D eigenvalue weighted by Crippen LogP contribution is 2.29. The summed E-state index contributed by atoms with van der Waals surface area (Å²) in [5, 5.41) is 0. The Kier molecular flexibility index (Phi) is 8.57. The first-order chi connectivity index (χ1) is 14.9. The van der Waals surface area contributed by atoms with Gasteiger partial charge >= 0.3 is 0 Å². The Morgan fingerprint density at radius 1 is 0.900 bits per heavy atom. The Morgan fingerprint density at radius 2 is 1.77 bits per heavy atom. The summed E-state index contributed by atoms with van der Waals surface area (Å²) in [5.74, 6) is 0.308. The van der Waals surface area contributed by atoms with Gasteiger partial charge in [0.05, 0.1) is 11.4 Å². The largest absolute Gasteiger partial charge is 0.258 e. The molecule has 3 rings (SSSR count). The second kappa shape index (κ2) is 12.1. The molecular weight excluding hydrogens is 364 g/mol. The van der Waals surface area contributed by atoms with E-state index < -0.39 is 0 Å². The normalized spacial score (nSPS) is 19.9. The first-order valence-corrected chi connectivity index (χ1v) is 10.4. The van der Waals surface area contributed by atoms with Crippen molar-refractivity contribution in [3.63, 3.8) is 0 Å². The van der Waals surface area contributed by atoms with Crippen LogP contribution in [0.4, 0.5) is 0 Å². The van der Waals surface area contributed by atoms with Gasteiger partial charge in [0.1, 0.15) is 0 Å². The van der Waals surface area contributed by atoms with Gasteiger partial charge in [0.2, 0.25) is 0 Å². The smallest absolute Gasteiger partial charge is 0.0964 e. The van der Waals surface area contributed by atoms with Crippen LogP contribution in [-0.2, 0) is 0 Å². The van der Waals surface area contributed by atoms with E-state index in [0.29, 0.717) is 5.92 Å². The van der Waals surface area contributed by atoms with Crippen molar-refractivity contribution in [2.24, 2.45) is 15.9 Å². The van der Waals surface area contributed by atoms with Crippen molar-refractivity contribution in [1.29, 1.82) is 0 Å². The zero-order chi connectivity index (χ0) is 20.9. The lowest BCUT2D eigenvalue weighted by atomic mass is 9.99. The van der Waals surface area contributed by atoms with Gasteiger partial charge in [-0.1, -0.05) is 104 Å². The molecule has 1 atom stereocenters. The summed E-state index contributed by atoms with van der Waals surface area (Å²) in [5.41, 5.74) is 3.96. The van der Waals surface area contributed by atoms with Gasteiger partial charge in [-0.05, 0) is 30.9 Å². The van der Waals surface area contributed by atoms with Gasteiger partial charge in [0.15, 0.2) is 0 Å². The van der Waals surface area contributed by atoms with Crippen LogP contribution in [0.1, 0.15) is 24.8 Å². The Bertz CT molecular complexity index is 977. The second-order valence-corrected chi connectivity index (χ2v) is 6.98. The lowest BCUT2D eigenvalue weighted by Gasteiger charge is -2.14. The summed E-state index contributed by atoms with van der Waals surface area (Å²) in [6.07, 6.45) is 31.5. The van der Waals surface area contributed by atoms with Crippen LogP contribution in [0.5, 0.6) is 0 Å². The van der Waals surface area contributed by atoms with Crippen LogP contribution < -0.4 is 0 Å². The van der Waals surface area contributed by atoms with Crippen LogP contribution in [0.25, 0.3) is 5.70 Å². The third-order valence-electron chi connectivity index (χ3n) is 4.71. The van der Waals surface area contributed by atoms with E-state index in [9.17, 15) is 0 Å². The number of rotatable bonds is 8. The van der Waals surface area contributed by atoms with Crippen molar-refractivity contribution in [3.05, 3.63) is 127 Å². The molecule has 0 aromatic heterocycles. The molecule has 0 bridgehead atoms. The molecule has 0 spiro atoms. The van der Waals surface area contributed by atoms with E-state index in [4.69, 9.17) is 9.98 Å². The first-order valence-electron chi connectivity index (χ1n) is 10.4. The van der Waals surface area contributed by atoms with Crippen molar-refractivity contribution in [2.45, 2.75) is 19.3 Å². The minimum absolute atomic E-state index is 0.308. The molecule has 0 fully saturated rings. The average Bonchev–Trinajstić information content (AvgIpc) is 2.82. The summed E-state index contributed by atoms with van der Waals surface area (Å²) in [6.45, 7) is 3.68. The molecule has 0 unspecified atom stereocenters. The van der Waals surface area contributed by atoms with Crippen molar-refractivity contribution >= 4 is 18.1 Å². The summed E-state index contributed by atoms with van der Waals surface area (Å²) in [7, 11) is 0. The minimum Gasteiger partial charge on any atom is -0.258 e. The van der Waals surface area contributed by atoms with E-state index in [0.717, 1.165) is 41.8 Å². The van der Waals surface area contributed by atoms with Gasteiger partial charge in [0, 0.05) is 23.9 Å². The van der Waals surface area contributed by atoms with Crippen molar-refractivity contribution in [1.82, 2.24) is 0 Å². The maximum absolute atomic E-state index is 4.96. The fourth-order valence-electron chi connectivity index (χ4n) is 3.18. The predicted octanol–water partition coefficient (Wildman–Crippen LogP) is 7.20. The molecule has 0 radical (unpaired) electrons. The number of benzene rings is 1. The summed E-state index contributed by atoms with van der Waals surface area (Å²) in [6, 6.07) is 10.3. The molecule has 1 aromatic carbocycles. The third-order valence-corrected chi connectivity index (χ3v) is 4.71. The number of hydrogen-bond acceptors (Lipinski definition) is 2. The molecule has 30 heavy (non-hydrogen) atoms. The zero-order valence-corrected chi connectivity index (χ0v) is 17.3. The number of nitrogens with zero attached hydrogens (tertiary/aromatic N) is 2. The third kappa shape index (κ3) is 6.52. The Balaban J connectivity index is 2.03. The maximum atomic E-state index is 4.96. The number of aliphatic imine (C=N–C) groups is 2. The van der Waals surface area contributed by atoms with Crippen LogP contribution in [0, 0.1) is 5.92 Å². The highest BCUT2D eigenvalue weighted by Gasteiger charge is 2.13. The van der Waals surface area contributed by atoms with E-state index in [1.807, 2.05) is 54.9 Å². The molecule has 2 aliphatic carbocycles. The topological polar surface area (TPSA) is 24.7 Å². The van der Waals surface area contributed by atoms with Crippen LogP contribution in [0.3, 0.4) is 0 Å². The zero-order valence-electron chi connectivity index (χ0n) is 17.3. The molecule has 0 heterocycles.